The number of carboxylic acids is 1. The predicted molar refractivity (Wildman–Crippen MR) is 50.5 cm³/mol. The quantitative estimate of drug-likeness (QED) is 0.760. The van der Waals surface area contributed by atoms with Crippen LogP contribution in [0.1, 0.15) is 28.7 Å². The molecule has 1 aromatic rings. The second-order valence-electron chi connectivity index (χ2n) is 3.25. The highest BCUT2D eigenvalue weighted by molar-refractivity contribution is 5.96. The number of aliphatic carboxylic acids is 1. The highest BCUT2D eigenvalue weighted by Crippen LogP contribution is 2.10. The molecule has 0 aliphatic carbocycles. The van der Waals surface area contributed by atoms with Gasteiger partial charge >= 0.3 is 5.97 Å². The van der Waals surface area contributed by atoms with Crippen molar-refractivity contribution in [2.75, 3.05) is 0 Å². The second-order valence-corrected chi connectivity index (χ2v) is 3.25. The first-order valence-electron chi connectivity index (χ1n) is 4.40. The third-order valence-electron chi connectivity index (χ3n) is 2.09. The van der Waals surface area contributed by atoms with Crippen LogP contribution < -0.4 is 5.32 Å². The molecule has 6 nitrogen and oxygen atoms in total. The fraction of sp³-hybridized carbons (Fsp3) is 0.444. The minimum atomic E-state index is -1.10. The number of carboxylic acid groups (broad SMARTS) is 1. The fourth-order valence-electron chi connectivity index (χ4n) is 0.956. The molecule has 0 aromatic carbocycles. The molecule has 15 heavy (non-hydrogen) atoms. The van der Waals surface area contributed by atoms with E-state index < -0.39 is 17.9 Å². The van der Waals surface area contributed by atoms with Gasteiger partial charge in [-0.1, -0.05) is 5.16 Å². The maximum absolute atomic E-state index is 11.5. The van der Waals surface area contributed by atoms with Crippen molar-refractivity contribution in [1.29, 1.82) is 0 Å². The van der Waals surface area contributed by atoms with E-state index in [9.17, 15) is 9.59 Å². The Morgan fingerprint density at radius 2 is 2.07 bits per heavy atom. The molecule has 0 saturated heterocycles. The number of aryl methyl sites for hydroxylation is 1. The van der Waals surface area contributed by atoms with E-state index >= 15 is 0 Å². The highest BCUT2D eigenvalue weighted by Gasteiger charge is 2.20. The van der Waals surface area contributed by atoms with Crippen LogP contribution in [-0.4, -0.2) is 28.2 Å². The first-order chi connectivity index (χ1) is 6.93. The zero-order valence-electron chi connectivity index (χ0n) is 8.70. The second kappa shape index (κ2) is 4.12. The van der Waals surface area contributed by atoms with Crippen LogP contribution in [0.5, 0.6) is 0 Å². The molecule has 0 bridgehead atoms. The van der Waals surface area contributed by atoms with Gasteiger partial charge in [0.05, 0.1) is 0 Å². The average molecular weight is 212 g/mol. The van der Waals surface area contributed by atoms with Crippen LogP contribution in [0.25, 0.3) is 0 Å². The van der Waals surface area contributed by atoms with E-state index in [4.69, 9.17) is 9.63 Å². The van der Waals surface area contributed by atoms with Gasteiger partial charge in [0, 0.05) is 5.56 Å². The predicted octanol–water partition coefficient (Wildman–Crippen LogP) is 0.494. The molecule has 1 amide bonds. The smallest absolute Gasteiger partial charge is 0.325 e. The van der Waals surface area contributed by atoms with E-state index in [2.05, 4.69) is 10.5 Å². The maximum atomic E-state index is 11.5. The zero-order valence-corrected chi connectivity index (χ0v) is 8.70. The number of hydrogen-bond donors (Lipinski definition) is 2. The lowest BCUT2D eigenvalue weighted by Gasteiger charge is -2.07. The number of nitrogens with one attached hydrogen (secondary N) is 1. The van der Waals surface area contributed by atoms with Gasteiger partial charge in [-0.2, -0.15) is 0 Å². The third kappa shape index (κ3) is 2.34. The Labute approximate surface area is 86.3 Å². The number of amides is 1. The van der Waals surface area contributed by atoms with Crippen molar-refractivity contribution in [2.45, 2.75) is 26.8 Å². The highest BCUT2D eigenvalue weighted by atomic mass is 16.5. The van der Waals surface area contributed by atoms with Crippen molar-refractivity contribution in [3.8, 4) is 0 Å². The first kappa shape index (κ1) is 11.2. The lowest BCUT2D eigenvalue weighted by molar-refractivity contribution is -0.138. The molecule has 0 radical (unpaired) electrons. The molecule has 1 aromatic heterocycles. The molecule has 82 valence electrons. The van der Waals surface area contributed by atoms with Gasteiger partial charge < -0.3 is 14.9 Å². The molecule has 0 unspecified atom stereocenters. The minimum Gasteiger partial charge on any atom is -0.480 e. The van der Waals surface area contributed by atoms with Gasteiger partial charge in [-0.15, -0.1) is 0 Å². The molecule has 2 N–H and O–H groups in total. The van der Waals surface area contributed by atoms with E-state index in [0.29, 0.717) is 11.3 Å². The Kier molecular flexibility index (Phi) is 3.08. The molecule has 6 heteroatoms. The Morgan fingerprint density at radius 1 is 1.47 bits per heavy atom. The van der Waals surface area contributed by atoms with Gasteiger partial charge in [0.1, 0.15) is 11.8 Å². The fourth-order valence-corrected chi connectivity index (χ4v) is 0.956. The van der Waals surface area contributed by atoms with Crippen LogP contribution in [0, 0.1) is 13.8 Å². The summed E-state index contributed by atoms with van der Waals surface area (Å²) in [6.45, 7) is 4.74. The molecular formula is C9H12N2O4. The summed E-state index contributed by atoms with van der Waals surface area (Å²) in [5.74, 6) is -1.09. The SMILES string of the molecule is Cc1onc(C(=O)N[C@@H](C)C(=O)O)c1C. The average Bonchev–Trinajstić information content (AvgIpc) is 2.47. The summed E-state index contributed by atoms with van der Waals surface area (Å²) in [5.41, 5.74) is 0.741. The van der Waals surface area contributed by atoms with Crippen molar-refractivity contribution in [2.24, 2.45) is 0 Å². The van der Waals surface area contributed by atoms with E-state index in [1.807, 2.05) is 0 Å². The maximum Gasteiger partial charge on any atom is 0.325 e. The van der Waals surface area contributed by atoms with Crippen molar-refractivity contribution in [1.82, 2.24) is 10.5 Å². The topological polar surface area (TPSA) is 92.4 Å². The lowest BCUT2D eigenvalue weighted by atomic mass is 10.2. The number of carbonyl (C=O) groups excluding carboxylic acids is 1. The normalized spacial score (nSPS) is 12.2. The van der Waals surface area contributed by atoms with Crippen molar-refractivity contribution >= 4 is 11.9 Å². The molecule has 0 saturated carbocycles. The van der Waals surface area contributed by atoms with Gasteiger partial charge in [-0.25, -0.2) is 0 Å². The summed E-state index contributed by atoms with van der Waals surface area (Å²) < 4.78 is 4.80. The molecule has 0 aliphatic heterocycles. The van der Waals surface area contributed by atoms with E-state index in [1.54, 1.807) is 13.8 Å². The first-order valence-corrected chi connectivity index (χ1v) is 4.40. The largest absolute Gasteiger partial charge is 0.480 e. The number of nitrogens with zero attached hydrogens (tertiary/aromatic N) is 1. The van der Waals surface area contributed by atoms with E-state index in [1.165, 1.54) is 6.92 Å². The third-order valence-corrected chi connectivity index (χ3v) is 2.09. The standard InChI is InChI=1S/C9H12N2O4/c1-4-6(3)15-11-7(4)8(12)10-5(2)9(13)14/h5H,1-3H3,(H,10,12)(H,13,14)/t5-/m0/s1. The zero-order chi connectivity index (χ0) is 11.6. The Bertz CT molecular complexity index is 397. The van der Waals surface area contributed by atoms with Gasteiger partial charge in [0.2, 0.25) is 0 Å². The summed E-state index contributed by atoms with van der Waals surface area (Å²) in [7, 11) is 0. The molecule has 1 heterocycles. The van der Waals surface area contributed by atoms with Gasteiger partial charge in [0.15, 0.2) is 5.69 Å². The monoisotopic (exact) mass is 212 g/mol. The summed E-state index contributed by atoms with van der Waals surface area (Å²) in [4.78, 5) is 22.0. The molecule has 1 atom stereocenters. The minimum absolute atomic E-state index is 0.126. The number of aromatic nitrogens is 1. The van der Waals surface area contributed by atoms with Crippen LogP contribution in [-0.2, 0) is 4.79 Å². The summed E-state index contributed by atoms with van der Waals surface area (Å²) in [6.07, 6.45) is 0. The Hall–Kier alpha value is -1.85. The van der Waals surface area contributed by atoms with Crippen LogP contribution in [0.3, 0.4) is 0 Å². The van der Waals surface area contributed by atoms with E-state index in [0.717, 1.165) is 0 Å². The number of carbonyl (C=O) groups is 2. The van der Waals surface area contributed by atoms with Crippen LogP contribution in [0.2, 0.25) is 0 Å². The van der Waals surface area contributed by atoms with Crippen molar-refractivity contribution in [3.05, 3.63) is 17.0 Å². The number of hydrogen-bond acceptors (Lipinski definition) is 4. The Balaban J connectivity index is 2.78. The van der Waals surface area contributed by atoms with E-state index in [-0.39, 0.29) is 5.69 Å². The molecule has 0 spiro atoms. The molecular weight excluding hydrogens is 200 g/mol. The van der Waals surface area contributed by atoms with Crippen molar-refractivity contribution < 1.29 is 19.2 Å². The Morgan fingerprint density at radius 3 is 2.47 bits per heavy atom. The summed E-state index contributed by atoms with van der Waals surface area (Å²) >= 11 is 0. The molecule has 0 fully saturated rings. The molecule has 1 rings (SSSR count). The van der Waals surface area contributed by atoms with Crippen molar-refractivity contribution in [3.63, 3.8) is 0 Å². The number of rotatable bonds is 3. The molecule has 0 aliphatic rings. The van der Waals surface area contributed by atoms with Gasteiger partial charge in [-0.05, 0) is 20.8 Å². The van der Waals surface area contributed by atoms with Crippen LogP contribution in [0.4, 0.5) is 0 Å². The summed E-state index contributed by atoms with van der Waals surface area (Å²) in [5, 5.41) is 14.4. The van der Waals surface area contributed by atoms with Gasteiger partial charge in [-0.3, -0.25) is 9.59 Å². The van der Waals surface area contributed by atoms with Crippen LogP contribution >= 0.6 is 0 Å². The van der Waals surface area contributed by atoms with Gasteiger partial charge in [0.25, 0.3) is 5.91 Å². The lowest BCUT2D eigenvalue weighted by Crippen LogP contribution is -2.38. The summed E-state index contributed by atoms with van der Waals surface area (Å²) in [6, 6.07) is -0.950. The van der Waals surface area contributed by atoms with Crippen LogP contribution in [0.15, 0.2) is 4.52 Å².